The van der Waals surface area contributed by atoms with E-state index in [4.69, 9.17) is 0 Å². The molecule has 0 atom stereocenters. The number of nitrogens with zero attached hydrogens (tertiary/aromatic N) is 1. The van der Waals surface area contributed by atoms with E-state index in [2.05, 4.69) is 16.9 Å². The molecule has 2 aromatic rings. The van der Waals surface area contributed by atoms with Crippen LogP contribution in [0.5, 0.6) is 0 Å². The van der Waals surface area contributed by atoms with Crippen LogP contribution in [0.2, 0.25) is 0 Å². The van der Waals surface area contributed by atoms with Crippen LogP contribution in [0.1, 0.15) is 30.4 Å². The van der Waals surface area contributed by atoms with Crippen LogP contribution in [0.3, 0.4) is 0 Å². The highest BCUT2D eigenvalue weighted by Crippen LogP contribution is 2.11. The van der Waals surface area contributed by atoms with E-state index in [1.54, 1.807) is 29.2 Å². The molecule has 0 bridgehead atoms. The number of benzene rings is 2. The highest BCUT2D eigenvalue weighted by atomic mass is 32.2. The van der Waals surface area contributed by atoms with Crippen molar-refractivity contribution in [2.24, 2.45) is 0 Å². The van der Waals surface area contributed by atoms with Gasteiger partial charge in [-0.2, -0.15) is 0 Å². The third-order valence-corrected chi connectivity index (χ3v) is 6.04. The fourth-order valence-corrected chi connectivity index (χ4v) is 3.55. The van der Waals surface area contributed by atoms with Crippen LogP contribution in [-0.4, -0.2) is 39.9 Å². The molecule has 0 saturated heterocycles. The molecule has 0 saturated carbocycles. The topological polar surface area (TPSA) is 66.5 Å². The zero-order valence-electron chi connectivity index (χ0n) is 16.0. The molecular formula is C21H28N2O3S. The van der Waals surface area contributed by atoms with Crippen LogP contribution in [0.15, 0.2) is 59.5 Å². The van der Waals surface area contributed by atoms with Gasteiger partial charge in [0.1, 0.15) is 0 Å². The summed E-state index contributed by atoms with van der Waals surface area (Å²) in [4.78, 5) is 14.2. The maximum absolute atomic E-state index is 12.2. The Labute approximate surface area is 162 Å². The fraction of sp³-hybridized carbons (Fsp3) is 0.381. The van der Waals surface area contributed by atoms with E-state index in [-0.39, 0.29) is 10.8 Å². The molecule has 5 nitrogen and oxygen atoms in total. The summed E-state index contributed by atoms with van der Waals surface area (Å²) in [6.45, 7) is 0.621. The Balaban J connectivity index is 1.71. The first kappa shape index (κ1) is 21.1. The Bertz CT molecular complexity index is 818. The van der Waals surface area contributed by atoms with Gasteiger partial charge in [0.15, 0.2) is 0 Å². The fourth-order valence-electron chi connectivity index (χ4n) is 2.82. The molecular weight excluding hydrogens is 360 g/mol. The zero-order valence-corrected chi connectivity index (χ0v) is 16.8. The van der Waals surface area contributed by atoms with E-state index in [1.807, 2.05) is 25.2 Å². The third kappa shape index (κ3) is 6.81. The molecule has 0 radical (unpaired) electrons. The maximum Gasteiger partial charge on any atom is 0.240 e. The lowest BCUT2D eigenvalue weighted by Gasteiger charge is -2.17. The molecule has 1 N–H and O–H groups in total. The van der Waals surface area contributed by atoms with Gasteiger partial charge in [-0.1, -0.05) is 42.5 Å². The van der Waals surface area contributed by atoms with Gasteiger partial charge in [0.05, 0.1) is 4.90 Å². The lowest BCUT2D eigenvalue weighted by atomic mass is 10.1. The number of sulfonamides is 1. The predicted molar refractivity (Wildman–Crippen MR) is 108 cm³/mol. The lowest BCUT2D eigenvalue weighted by molar-refractivity contribution is -0.130. The maximum atomic E-state index is 12.2. The molecule has 1 amide bonds. The summed E-state index contributed by atoms with van der Waals surface area (Å²) in [7, 11) is -0.196. The smallest absolute Gasteiger partial charge is 0.240 e. The van der Waals surface area contributed by atoms with Crippen LogP contribution in [0, 0.1) is 0 Å². The molecule has 0 aliphatic carbocycles. The Hall–Kier alpha value is -2.18. The van der Waals surface area contributed by atoms with Gasteiger partial charge in [0, 0.05) is 20.0 Å². The number of nitrogens with one attached hydrogen (secondary N) is 1. The number of unbranched alkanes of at least 4 members (excludes halogenated alkanes) is 1. The van der Waals surface area contributed by atoms with Gasteiger partial charge in [-0.3, -0.25) is 4.79 Å². The van der Waals surface area contributed by atoms with Gasteiger partial charge in [-0.15, -0.1) is 0 Å². The second-order valence-electron chi connectivity index (χ2n) is 6.61. The quantitative estimate of drug-likeness (QED) is 0.636. The van der Waals surface area contributed by atoms with Crippen LogP contribution >= 0.6 is 0 Å². The SMILES string of the molecule is CNS(=O)(=O)c1ccc(CCN(C)C(=O)CCCCc2ccccc2)cc1. The molecule has 27 heavy (non-hydrogen) atoms. The van der Waals surface area contributed by atoms with Gasteiger partial charge in [0.2, 0.25) is 15.9 Å². The Morgan fingerprint density at radius 2 is 1.56 bits per heavy atom. The highest BCUT2D eigenvalue weighted by molar-refractivity contribution is 7.89. The third-order valence-electron chi connectivity index (χ3n) is 4.61. The van der Waals surface area contributed by atoms with E-state index in [1.165, 1.54) is 12.6 Å². The van der Waals surface area contributed by atoms with Crippen molar-refractivity contribution in [1.82, 2.24) is 9.62 Å². The van der Waals surface area contributed by atoms with Crippen LogP contribution in [-0.2, 0) is 27.7 Å². The first-order chi connectivity index (χ1) is 12.9. The number of aryl methyl sites for hydroxylation is 1. The number of hydrogen-bond donors (Lipinski definition) is 1. The highest BCUT2D eigenvalue weighted by Gasteiger charge is 2.11. The van der Waals surface area contributed by atoms with Crippen molar-refractivity contribution in [3.63, 3.8) is 0 Å². The van der Waals surface area contributed by atoms with Crippen molar-refractivity contribution in [2.45, 2.75) is 37.0 Å². The standard InChI is InChI=1S/C21H28N2O3S/c1-22-27(25,26)20-14-12-19(13-15-20)16-17-23(2)21(24)11-7-6-10-18-8-4-3-5-9-18/h3-5,8-9,12-15,22H,6-7,10-11,16-17H2,1-2H3. The molecule has 2 rings (SSSR count). The molecule has 6 heteroatoms. The summed E-state index contributed by atoms with van der Waals surface area (Å²) < 4.78 is 25.7. The van der Waals surface area contributed by atoms with Crippen LogP contribution in [0.4, 0.5) is 0 Å². The number of rotatable bonds is 10. The largest absolute Gasteiger partial charge is 0.345 e. The van der Waals surface area contributed by atoms with Gasteiger partial charge in [0.25, 0.3) is 0 Å². The summed E-state index contributed by atoms with van der Waals surface area (Å²) in [5.41, 5.74) is 2.32. The molecule has 0 fully saturated rings. The molecule has 2 aromatic carbocycles. The number of likely N-dealkylation sites (N-methyl/N-ethyl adjacent to an activating group) is 1. The second-order valence-corrected chi connectivity index (χ2v) is 8.50. The van der Waals surface area contributed by atoms with Crippen molar-refractivity contribution in [1.29, 1.82) is 0 Å². The number of hydrogen-bond acceptors (Lipinski definition) is 3. The predicted octanol–water partition coefficient (Wildman–Crippen LogP) is 3.01. The first-order valence-electron chi connectivity index (χ1n) is 9.23. The Kier molecular flexibility index (Phi) is 8.00. The van der Waals surface area contributed by atoms with Crippen molar-refractivity contribution < 1.29 is 13.2 Å². The average molecular weight is 389 g/mol. The normalized spacial score (nSPS) is 11.3. The van der Waals surface area contributed by atoms with Gasteiger partial charge >= 0.3 is 0 Å². The van der Waals surface area contributed by atoms with E-state index < -0.39 is 10.0 Å². The van der Waals surface area contributed by atoms with Crippen molar-refractivity contribution in [3.8, 4) is 0 Å². The number of amides is 1. The second kappa shape index (κ2) is 10.2. The minimum absolute atomic E-state index is 0.150. The van der Waals surface area contributed by atoms with E-state index >= 15 is 0 Å². The Morgan fingerprint density at radius 3 is 2.19 bits per heavy atom. The molecule has 0 aromatic heterocycles. The molecule has 146 valence electrons. The van der Waals surface area contributed by atoms with Crippen LogP contribution < -0.4 is 4.72 Å². The first-order valence-corrected chi connectivity index (χ1v) is 10.7. The van der Waals surface area contributed by atoms with Crippen LogP contribution in [0.25, 0.3) is 0 Å². The van der Waals surface area contributed by atoms with Crippen molar-refractivity contribution >= 4 is 15.9 Å². The minimum Gasteiger partial charge on any atom is -0.345 e. The molecule has 0 unspecified atom stereocenters. The van der Waals surface area contributed by atoms with Crippen molar-refractivity contribution in [2.75, 3.05) is 20.6 Å². The molecule has 0 heterocycles. The summed E-state index contributed by atoms with van der Waals surface area (Å²) in [6, 6.07) is 17.1. The molecule has 0 spiro atoms. The van der Waals surface area contributed by atoms with Crippen molar-refractivity contribution in [3.05, 3.63) is 65.7 Å². The zero-order chi connectivity index (χ0) is 19.7. The minimum atomic E-state index is -3.41. The lowest BCUT2D eigenvalue weighted by Crippen LogP contribution is -2.28. The summed E-state index contributed by atoms with van der Waals surface area (Å²) in [5, 5.41) is 0. The monoisotopic (exact) mass is 388 g/mol. The van der Waals surface area contributed by atoms with E-state index in [9.17, 15) is 13.2 Å². The van der Waals surface area contributed by atoms with E-state index in [0.29, 0.717) is 19.4 Å². The summed E-state index contributed by atoms with van der Waals surface area (Å²) in [5.74, 6) is 0.150. The van der Waals surface area contributed by atoms with Gasteiger partial charge < -0.3 is 4.90 Å². The summed E-state index contributed by atoms with van der Waals surface area (Å²) >= 11 is 0. The molecule has 0 aliphatic rings. The number of carbonyl (C=O) groups is 1. The van der Waals surface area contributed by atoms with Gasteiger partial charge in [-0.25, -0.2) is 13.1 Å². The van der Waals surface area contributed by atoms with E-state index in [0.717, 1.165) is 24.8 Å². The Morgan fingerprint density at radius 1 is 0.926 bits per heavy atom. The number of carbonyl (C=O) groups excluding carboxylic acids is 1. The summed E-state index contributed by atoms with van der Waals surface area (Å²) in [6.07, 6.45) is 4.15. The average Bonchev–Trinajstić information content (AvgIpc) is 2.70. The van der Waals surface area contributed by atoms with Gasteiger partial charge in [-0.05, 0) is 56.0 Å². The molecule has 0 aliphatic heterocycles.